The van der Waals surface area contributed by atoms with Gasteiger partial charge in [-0.3, -0.25) is 0 Å². The molecule has 0 N–H and O–H groups in total. The Morgan fingerprint density at radius 3 is 2.20 bits per heavy atom. The van der Waals surface area contributed by atoms with Crippen LogP contribution in [0.4, 0.5) is 0 Å². The molecule has 0 saturated heterocycles. The van der Waals surface area contributed by atoms with Crippen LogP contribution in [0, 0.1) is 6.92 Å². The normalized spacial score (nSPS) is 11.9. The second-order valence-electron chi connectivity index (χ2n) is 5.39. The Kier molecular flexibility index (Phi) is 3.61. The first-order chi connectivity index (χ1) is 6.79. The van der Waals surface area contributed by atoms with Crippen LogP contribution in [0.3, 0.4) is 0 Å². The highest BCUT2D eigenvalue weighted by Gasteiger charge is 2.17. The topological polar surface area (TPSA) is 9.23 Å². The van der Waals surface area contributed by atoms with Gasteiger partial charge in [0.2, 0.25) is 8.32 Å². The third-order valence-corrected chi connectivity index (χ3v) is 3.13. The van der Waals surface area contributed by atoms with Gasteiger partial charge >= 0.3 is 0 Å². The molecular formula is C13H22OSi. The molecule has 0 fully saturated rings. The van der Waals surface area contributed by atoms with Crippen molar-refractivity contribution in [3.63, 3.8) is 0 Å². The third kappa shape index (κ3) is 3.71. The summed E-state index contributed by atoms with van der Waals surface area (Å²) in [6.07, 6.45) is 0. The quantitative estimate of drug-likeness (QED) is 0.692. The lowest BCUT2D eigenvalue weighted by atomic mass is 10.0. The molecule has 1 nitrogen and oxygen atoms in total. The lowest BCUT2D eigenvalue weighted by molar-refractivity contribution is 0.551. The molecule has 0 aliphatic carbocycles. The van der Waals surface area contributed by atoms with Crippen molar-refractivity contribution in [1.29, 1.82) is 0 Å². The van der Waals surface area contributed by atoms with Crippen LogP contribution in [0.15, 0.2) is 18.2 Å². The molecular weight excluding hydrogens is 200 g/mol. The summed E-state index contributed by atoms with van der Waals surface area (Å²) in [6.45, 7) is 13.2. The Balaban J connectivity index is 3.01. The van der Waals surface area contributed by atoms with Gasteiger partial charge in [0.1, 0.15) is 5.75 Å². The Morgan fingerprint density at radius 1 is 1.13 bits per heavy atom. The number of hydrogen-bond donors (Lipinski definition) is 0. The predicted octanol–water partition coefficient (Wildman–Crippen LogP) is 4.33. The van der Waals surface area contributed by atoms with Crippen LogP contribution >= 0.6 is 0 Å². The lowest BCUT2D eigenvalue weighted by Crippen LogP contribution is -2.29. The van der Waals surface area contributed by atoms with Gasteiger partial charge in [-0.25, -0.2) is 0 Å². The SMILES string of the molecule is Cc1ccc(C(C)C)cc1O[Si](C)(C)C. The monoisotopic (exact) mass is 222 g/mol. The average molecular weight is 222 g/mol. The first-order valence-electron chi connectivity index (χ1n) is 5.59. The van der Waals surface area contributed by atoms with E-state index in [1.807, 2.05) is 0 Å². The molecule has 15 heavy (non-hydrogen) atoms. The molecule has 0 bridgehead atoms. The van der Waals surface area contributed by atoms with Gasteiger partial charge in [0.15, 0.2) is 0 Å². The van der Waals surface area contributed by atoms with Gasteiger partial charge in [-0.05, 0) is 49.7 Å². The van der Waals surface area contributed by atoms with Crippen molar-refractivity contribution in [1.82, 2.24) is 0 Å². The van der Waals surface area contributed by atoms with E-state index >= 15 is 0 Å². The zero-order chi connectivity index (χ0) is 11.6. The molecule has 0 saturated carbocycles. The highest BCUT2D eigenvalue weighted by Crippen LogP contribution is 2.26. The summed E-state index contributed by atoms with van der Waals surface area (Å²) < 4.78 is 6.06. The van der Waals surface area contributed by atoms with Crippen LogP contribution in [0.1, 0.15) is 30.9 Å². The molecule has 0 atom stereocenters. The van der Waals surface area contributed by atoms with Crippen LogP contribution in [-0.2, 0) is 0 Å². The lowest BCUT2D eigenvalue weighted by Gasteiger charge is -2.22. The predicted molar refractivity (Wildman–Crippen MR) is 69.2 cm³/mol. The van der Waals surface area contributed by atoms with Crippen LogP contribution in [0.5, 0.6) is 5.75 Å². The number of rotatable bonds is 3. The van der Waals surface area contributed by atoms with Gasteiger partial charge in [-0.1, -0.05) is 26.0 Å². The first kappa shape index (κ1) is 12.3. The van der Waals surface area contributed by atoms with E-state index in [-0.39, 0.29) is 0 Å². The molecule has 84 valence electrons. The molecule has 1 rings (SSSR count). The summed E-state index contributed by atoms with van der Waals surface area (Å²) >= 11 is 0. The van der Waals surface area contributed by atoms with Crippen LogP contribution in [0.2, 0.25) is 19.6 Å². The van der Waals surface area contributed by atoms with Gasteiger partial charge in [0, 0.05) is 0 Å². The van der Waals surface area contributed by atoms with E-state index < -0.39 is 8.32 Å². The van der Waals surface area contributed by atoms with E-state index in [1.54, 1.807) is 0 Å². The second kappa shape index (κ2) is 4.39. The minimum Gasteiger partial charge on any atom is -0.544 e. The maximum absolute atomic E-state index is 6.06. The zero-order valence-corrected chi connectivity index (χ0v) is 11.7. The highest BCUT2D eigenvalue weighted by molar-refractivity contribution is 6.70. The number of aryl methyl sites for hydroxylation is 1. The molecule has 2 heteroatoms. The first-order valence-corrected chi connectivity index (χ1v) is 9.00. The van der Waals surface area contributed by atoms with Crippen molar-refractivity contribution < 1.29 is 4.43 Å². The van der Waals surface area contributed by atoms with E-state index in [4.69, 9.17) is 4.43 Å². The summed E-state index contributed by atoms with van der Waals surface area (Å²) in [5.74, 6) is 1.63. The van der Waals surface area contributed by atoms with Crippen LogP contribution in [-0.4, -0.2) is 8.32 Å². The largest absolute Gasteiger partial charge is 0.544 e. The Hall–Kier alpha value is -0.763. The highest BCUT2D eigenvalue weighted by atomic mass is 28.4. The van der Waals surface area contributed by atoms with Gasteiger partial charge in [0.05, 0.1) is 0 Å². The maximum Gasteiger partial charge on any atom is 0.242 e. The van der Waals surface area contributed by atoms with Gasteiger partial charge in [0.25, 0.3) is 0 Å². The van der Waals surface area contributed by atoms with Crippen molar-refractivity contribution in [2.75, 3.05) is 0 Å². The van der Waals surface area contributed by atoms with Gasteiger partial charge < -0.3 is 4.43 Å². The van der Waals surface area contributed by atoms with Crippen molar-refractivity contribution in [3.8, 4) is 5.75 Å². The Bertz CT molecular complexity index is 337. The average Bonchev–Trinajstić information content (AvgIpc) is 2.06. The summed E-state index contributed by atoms with van der Waals surface area (Å²) in [5, 5.41) is 0. The van der Waals surface area contributed by atoms with E-state index in [1.165, 1.54) is 11.1 Å². The molecule has 0 aliphatic rings. The summed E-state index contributed by atoms with van der Waals surface area (Å²) in [4.78, 5) is 0. The fourth-order valence-electron chi connectivity index (χ4n) is 1.42. The van der Waals surface area contributed by atoms with E-state index in [0.29, 0.717) is 5.92 Å². The van der Waals surface area contributed by atoms with Crippen molar-refractivity contribution >= 4 is 8.32 Å². The molecule has 0 aromatic heterocycles. The molecule has 0 heterocycles. The fraction of sp³-hybridized carbons (Fsp3) is 0.538. The second-order valence-corrected chi connectivity index (χ2v) is 9.82. The number of hydrogen-bond acceptors (Lipinski definition) is 1. The van der Waals surface area contributed by atoms with Gasteiger partial charge in [-0.2, -0.15) is 0 Å². The summed E-state index contributed by atoms with van der Waals surface area (Å²) in [5.41, 5.74) is 2.59. The molecule has 0 spiro atoms. The maximum atomic E-state index is 6.06. The third-order valence-electron chi connectivity index (χ3n) is 2.30. The Morgan fingerprint density at radius 2 is 1.73 bits per heavy atom. The fourth-order valence-corrected chi connectivity index (χ4v) is 2.30. The van der Waals surface area contributed by atoms with E-state index in [2.05, 4.69) is 58.6 Å². The van der Waals surface area contributed by atoms with Crippen LogP contribution < -0.4 is 4.43 Å². The van der Waals surface area contributed by atoms with E-state index in [0.717, 1.165) is 5.75 Å². The van der Waals surface area contributed by atoms with Crippen molar-refractivity contribution in [2.45, 2.75) is 46.3 Å². The smallest absolute Gasteiger partial charge is 0.242 e. The molecule has 1 aromatic rings. The summed E-state index contributed by atoms with van der Waals surface area (Å²) in [7, 11) is -1.49. The molecule has 0 amide bonds. The summed E-state index contributed by atoms with van der Waals surface area (Å²) in [6, 6.07) is 6.54. The molecule has 1 aromatic carbocycles. The van der Waals surface area contributed by atoms with Gasteiger partial charge in [-0.15, -0.1) is 0 Å². The van der Waals surface area contributed by atoms with Crippen molar-refractivity contribution in [2.24, 2.45) is 0 Å². The van der Waals surface area contributed by atoms with Crippen molar-refractivity contribution in [3.05, 3.63) is 29.3 Å². The minimum atomic E-state index is -1.49. The minimum absolute atomic E-state index is 0.564. The number of benzene rings is 1. The van der Waals surface area contributed by atoms with Crippen LogP contribution in [0.25, 0.3) is 0 Å². The standard InChI is InChI=1S/C13H22OSi/c1-10(2)12-8-7-11(3)13(9-12)14-15(4,5)6/h7-10H,1-6H3. The molecule has 0 radical (unpaired) electrons. The van der Waals surface area contributed by atoms with E-state index in [9.17, 15) is 0 Å². The zero-order valence-electron chi connectivity index (χ0n) is 10.7. The Labute approximate surface area is 94.6 Å². The molecule has 0 unspecified atom stereocenters. The molecule has 0 aliphatic heterocycles.